The van der Waals surface area contributed by atoms with Gasteiger partial charge in [0.05, 0.1) is 12.6 Å². The van der Waals surface area contributed by atoms with Gasteiger partial charge >= 0.3 is 0 Å². The van der Waals surface area contributed by atoms with Crippen LogP contribution >= 0.6 is 11.6 Å². The zero-order chi connectivity index (χ0) is 22.0. The normalized spacial score (nSPS) is 12.5. The fraction of sp³-hybridized carbons (Fsp3) is 0.269. The van der Waals surface area contributed by atoms with Gasteiger partial charge in [0.1, 0.15) is 5.75 Å². The predicted octanol–water partition coefficient (Wildman–Crippen LogP) is 6.23. The number of hydrogen-bond donors (Lipinski definition) is 0. The Morgan fingerprint density at radius 3 is 2.48 bits per heavy atom. The number of benzene rings is 2. The van der Waals surface area contributed by atoms with Gasteiger partial charge in [0.2, 0.25) is 0 Å². The van der Waals surface area contributed by atoms with E-state index in [2.05, 4.69) is 59.9 Å². The van der Waals surface area contributed by atoms with Crippen molar-refractivity contribution in [3.05, 3.63) is 72.1 Å². The molecule has 4 rings (SSSR count). The zero-order valence-electron chi connectivity index (χ0n) is 18.5. The lowest BCUT2D eigenvalue weighted by molar-refractivity contribution is 0.317. The third kappa shape index (κ3) is 4.60. The van der Waals surface area contributed by atoms with Crippen molar-refractivity contribution in [2.45, 2.75) is 13.5 Å². The van der Waals surface area contributed by atoms with E-state index in [1.54, 1.807) is 7.11 Å². The van der Waals surface area contributed by atoms with Crippen molar-refractivity contribution in [1.29, 1.82) is 0 Å². The fourth-order valence-corrected chi connectivity index (χ4v) is 4.39. The van der Waals surface area contributed by atoms with E-state index in [4.69, 9.17) is 16.3 Å². The van der Waals surface area contributed by atoms with Crippen molar-refractivity contribution in [2.75, 3.05) is 27.7 Å². The average Bonchev–Trinajstić information content (AvgIpc) is 3.12. The maximum atomic E-state index is 6.06. The lowest BCUT2D eigenvalue weighted by Gasteiger charge is -2.18. The highest BCUT2D eigenvalue weighted by atomic mass is 35.5. The Morgan fingerprint density at radius 2 is 1.77 bits per heavy atom. The molecular weight excluding hydrogens is 406 g/mol. The standard InChI is InChI=1S/C26H28ClN3O/c1-18(15-29(2)3)16-30-17-24(23-6-5-7-25(31-4)26(23)30)21-12-20(13-28-14-21)19-8-10-22(27)11-9-19/h5-14,17-18H,15-16H2,1-4H3. The minimum absolute atomic E-state index is 0.502. The van der Waals surface area contributed by atoms with Crippen LogP contribution in [0.4, 0.5) is 0 Å². The molecule has 2 aromatic heterocycles. The molecule has 0 aliphatic carbocycles. The first-order valence-electron chi connectivity index (χ1n) is 10.5. The van der Waals surface area contributed by atoms with Crippen molar-refractivity contribution < 1.29 is 4.74 Å². The SMILES string of the molecule is COc1cccc2c(-c3cncc(-c4ccc(Cl)cc4)c3)cn(CC(C)CN(C)C)c12. The van der Waals surface area contributed by atoms with Crippen LogP contribution in [0.15, 0.2) is 67.1 Å². The largest absolute Gasteiger partial charge is 0.495 e. The van der Waals surface area contributed by atoms with E-state index in [9.17, 15) is 0 Å². The second-order valence-corrected chi connectivity index (χ2v) is 8.82. The third-order valence-electron chi connectivity index (χ3n) is 5.49. The summed E-state index contributed by atoms with van der Waals surface area (Å²) in [5.74, 6) is 1.39. The smallest absolute Gasteiger partial charge is 0.143 e. The molecule has 0 saturated carbocycles. The summed E-state index contributed by atoms with van der Waals surface area (Å²) in [4.78, 5) is 6.77. The number of nitrogens with zero attached hydrogens (tertiary/aromatic N) is 3. The van der Waals surface area contributed by atoms with Gasteiger partial charge in [0.25, 0.3) is 0 Å². The number of para-hydroxylation sites is 1. The highest BCUT2D eigenvalue weighted by Crippen LogP contribution is 2.37. The highest BCUT2D eigenvalue weighted by Gasteiger charge is 2.17. The van der Waals surface area contributed by atoms with Crippen LogP contribution in [0.1, 0.15) is 6.92 Å². The first kappa shape index (κ1) is 21.4. The third-order valence-corrected chi connectivity index (χ3v) is 5.75. The van der Waals surface area contributed by atoms with Crippen LogP contribution in [0.2, 0.25) is 5.02 Å². The maximum Gasteiger partial charge on any atom is 0.143 e. The first-order valence-corrected chi connectivity index (χ1v) is 10.9. The van der Waals surface area contributed by atoms with Crippen molar-refractivity contribution in [2.24, 2.45) is 5.92 Å². The highest BCUT2D eigenvalue weighted by molar-refractivity contribution is 6.30. The molecule has 0 amide bonds. The van der Waals surface area contributed by atoms with Gasteiger partial charge in [-0.3, -0.25) is 4.98 Å². The monoisotopic (exact) mass is 433 g/mol. The number of pyridine rings is 1. The van der Waals surface area contributed by atoms with Crippen LogP contribution in [0.3, 0.4) is 0 Å². The van der Waals surface area contributed by atoms with Crippen molar-refractivity contribution in [1.82, 2.24) is 14.5 Å². The topological polar surface area (TPSA) is 30.3 Å². The molecule has 4 nitrogen and oxygen atoms in total. The molecule has 1 unspecified atom stereocenters. The van der Waals surface area contributed by atoms with E-state index in [-0.39, 0.29) is 0 Å². The van der Waals surface area contributed by atoms with Crippen molar-refractivity contribution >= 4 is 22.5 Å². The van der Waals surface area contributed by atoms with Gasteiger partial charge in [-0.1, -0.05) is 42.8 Å². The molecule has 0 aliphatic heterocycles. The number of ether oxygens (including phenoxy) is 1. The summed E-state index contributed by atoms with van der Waals surface area (Å²) >= 11 is 6.06. The fourth-order valence-electron chi connectivity index (χ4n) is 4.27. The van der Waals surface area contributed by atoms with Crippen LogP contribution in [0.25, 0.3) is 33.2 Å². The predicted molar refractivity (Wildman–Crippen MR) is 130 cm³/mol. The molecule has 1 atom stereocenters. The minimum atomic E-state index is 0.502. The van der Waals surface area contributed by atoms with E-state index in [0.29, 0.717) is 5.92 Å². The molecule has 31 heavy (non-hydrogen) atoms. The number of halogens is 1. The Labute approximate surface area is 189 Å². The summed E-state index contributed by atoms with van der Waals surface area (Å²) in [6.07, 6.45) is 6.06. The number of methoxy groups -OCH3 is 1. The van der Waals surface area contributed by atoms with Crippen LogP contribution in [0, 0.1) is 5.92 Å². The summed E-state index contributed by atoms with van der Waals surface area (Å²) in [5.41, 5.74) is 5.54. The van der Waals surface area contributed by atoms with E-state index >= 15 is 0 Å². The summed E-state index contributed by atoms with van der Waals surface area (Å²) in [6, 6.07) is 16.3. The number of rotatable bonds is 7. The Morgan fingerprint density at radius 1 is 1.03 bits per heavy atom. The number of hydrogen-bond acceptors (Lipinski definition) is 3. The first-order chi connectivity index (χ1) is 15.0. The molecule has 0 N–H and O–H groups in total. The minimum Gasteiger partial charge on any atom is -0.495 e. The quantitative estimate of drug-likeness (QED) is 0.346. The Hall–Kier alpha value is -2.82. The van der Waals surface area contributed by atoms with E-state index < -0.39 is 0 Å². The molecule has 2 aromatic carbocycles. The molecule has 160 valence electrons. The molecular formula is C26H28ClN3O. The molecule has 0 fully saturated rings. The van der Waals surface area contributed by atoms with Gasteiger partial charge in [0.15, 0.2) is 0 Å². The van der Waals surface area contributed by atoms with Crippen LogP contribution in [-0.2, 0) is 6.54 Å². The summed E-state index contributed by atoms with van der Waals surface area (Å²) in [6.45, 7) is 4.22. The van der Waals surface area contributed by atoms with Gasteiger partial charge in [0, 0.05) is 58.8 Å². The summed E-state index contributed by atoms with van der Waals surface area (Å²) in [5, 5.41) is 1.90. The molecule has 4 aromatic rings. The van der Waals surface area contributed by atoms with Crippen LogP contribution < -0.4 is 4.74 Å². The molecule has 0 spiro atoms. The van der Waals surface area contributed by atoms with Crippen molar-refractivity contribution in [3.8, 4) is 28.0 Å². The van der Waals surface area contributed by atoms with Crippen molar-refractivity contribution in [3.63, 3.8) is 0 Å². The molecule has 0 bridgehead atoms. The summed E-state index contributed by atoms with van der Waals surface area (Å²) in [7, 11) is 5.96. The number of fused-ring (bicyclic) bond motifs is 1. The maximum absolute atomic E-state index is 6.06. The van der Waals surface area contributed by atoms with Gasteiger partial charge < -0.3 is 14.2 Å². The second kappa shape index (κ2) is 9.13. The van der Waals surface area contributed by atoms with Gasteiger partial charge in [-0.15, -0.1) is 0 Å². The summed E-state index contributed by atoms with van der Waals surface area (Å²) < 4.78 is 8.05. The Bertz CT molecular complexity index is 1180. The Balaban J connectivity index is 1.81. The Kier molecular flexibility index (Phi) is 6.30. The van der Waals surface area contributed by atoms with E-state index in [1.165, 1.54) is 5.39 Å². The second-order valence-electron chi connectivity index (χ2n) is 8.39. The van der Waals surface area contributed by atoms with Crippen LogP contribution in [0.5, 0.6) is 5.75 Å². The number of aromatic nitrogens is 2. The van der Waals surface area contributed by atoms with E-state index in [1.807, 2.05) is 42.7 Å². The van der Waals surface area contributed by atoms with E-state index in [0.717, 1.165) is 51.6 Å². The molecule has 2 heterocycles. The van der Waals surface area contributed by atoms with Gasteiger partial charge in [-0.05, 0) is 49.8 Å². The molecule has 0 saturated heterocycles. The average molecular weight is 434 g/mol. The van der Waals surface area contributed by atoms with Gasteiger partial charge in [-0.2, -0.15) is 0 Å². The van der Waals surface area contributed by atoms with Gasteiger partial charge in [-0.25, -0.2) is 0 Å². The molecule has 0 radical (unpaired) electrons. The molecule has 0 aliphatic rings. The zero-order valence-corrected chi connectivity index (χ0v) is 19.2. The van der Waals surface area contributed by atoms with Crippen LogP contribution in [-0.4, -0.2) is 42.2 Å². The molecule has 5 heteroatoms. The lowest BCUT2D eigenvalue weighted by Crippen LogP contribution is -2.22. The lowest BCUT2D eigenvalue weighted by atomic mass is 10.0.